The van der Waals surface area contributed by atoms with Gasteiger partial charge in [0.05, 0.1) is 17.9 Å². The van der Waals surface area contributed by atoms with Gasteiger partial charge < -0.3 is 4.90 Å². The summed E-state index contributed by atoms with van der Waals surface area (Å²) in [5, 5.41) is 9.70. The second-order valence-electron chi connectivity index (χ2n) is 9.58. The smallest absolute Gasteiger partial charge is 0.236 e. The standard InChI is InChI=1S/C25H30N6OS/c1-17-5-7-22(28-27-17)21-8-6-20-19-9-10-29(15-23(19)33-25(20)26-21)16-24(32)31-13-11-30(12-14-31)18-3-2-4-18/h5-8,18H,2-4,9-16H2,1H3. The monoisotopic (exact) mass is 462 g/mol. The van der Waals surface area contributed by atoms with Crippen LogP contribution >= 0.6 is 11.3 Å². The van der Waals surface area contributed by atoms with Gasteiger partial charge in [-0.05, 0) is 56.0 Å². The molecule has 0 unspecified atom stereocenters. The van der Waals surface area contributed by atoms with Crippen molar-refractivity contribution in [3.63, 3.8) is 0 Å². The van der Waals surface area contributed by atoms with Crippen molar-refractivity contribution in [1.82, 2.24) is 29.9 Å². The van der Waals surface area contributed by atoms with Crippen molar-refractivity contribution < 1.29 is 4.79 Å². The Hall–Kier alpha value is -2.42. The number of hydrogen-bond acceptors (Lipinski definition) is 7. The largest absolute Gasteiger partial charge is 0.339 e. The van der Waals surface area contributed by atoms with Crippen molar-refractivity contribution in [2.24, 2.45) is 0 Å². The summed E-state index contributed by atoms with van der Waals surface area (Å²) in [5.41, 5.74) is 3.98. The highest BCUT2D eigenvalue weighted by molar-refractivity contribution is 7.18. The molecule has 2 fully saturated rings. The van der Waals surface area contributed by atoms with Gasteiger partial charge in [0.25, 0.3) is 0 Å². The van der Waals surface area contributed by atoms with Crippen molar-refractivity contribution in [2.45, 2.75) is 45.2 Å². The van der Waals surface area contributed by atoms with E-state index in [0.717, 1.165) is 73.6 Å². The van der Waals surface area contributed by atoms with E-state index in [0.29, 0.717) is 6.54 Å². The zero-order valence-corrected chi connectivity index (χ0v) is 20.0. The molecule has 0 aromatic carbocycles. The van der Waals surface area contributed by atoms with E-state index in [-0.39, 0.29) is 5.91 Å². The Morgan fingerprint density at radius 2 is 1.85 bits per heavy atom. The first-order chi connectivity index (χ1) is 16.1. The van der Waals surface area contributed by atoms with Crippen LogP contribution in [0.25, 0.3) is 21.6 Å². The lowest BCUT2D eigenvalue weighted by molar-refractivity contribution is -0.135. The molecule has 2 aliphatic heterocycles. The minimum atomic E-state index is 0.283. The van der Waals surface area contributed by atoms with Gasteiger partial charge in [-0.25, -0.2) is 4.98 Å². The second kappa shape index (κ2) is 8.74. The van der Waals surface area contributed by atoms with Gasteiger partial charge in [0.1, 0.15) is 10.5 Å². The van der Waals surface area contributed by atoms with E-state index in [2.05, 4.69) is 31.0 Å². The minimum Gasteiger partial charge on any atom is -0.339 e. The summed E-state index contributed by atoms with van der Waals surface area (Å²) in [4.78, 5) is 27.2. The highest BCUT2D eigenvalue weighted by atomic mass is 32.1. The van der Waals surface area contributed by atoms with Gasteiger partial charge >= 0.3 is 0 Å². The predicted octanol–water partition coefficient (Wildman–Crippen LogP) is 3.12. The van der Waals surface area contributed by atoms with Crippen molar-refractivity contribution in [2.75, 3.05) is 39.3 Å². The fourth-order valence-corrected chi connectivity index (χ4v) is 6.48. The highest BCUT2D eigenvalue weighted by Crippen LogP contribution is 2.35. The molecule has 3 aromatic heterocycles. The Morgan fingerprint density at radius 3 is 2.58 bits per heavy atom. The van der Waals surface area contributed by atoms with Crippen LogP contribution in [0.2, 0.25) is 0 Å². The summed E-state index contributed by atoms with van der Waals surface area (Å²) >= 11 is 1.76. The Kier molecular flexibility index (Phi) is 5.60. The van der Waals surface area contributed by atoms with E-state index in [4.69, 9.17) is 4.98 Å². The maximum Gasteiger partial charge on any atom is 0.236 e. The fourth-order valence-electron chi connectivity index (χ4n) is 5.22. The Morgan fingerprint density at radius 1 is 1.03 bits per heavy atom. The van der Waals surface area contributed by atoms with E-state index in [9.17, 15) is 4.79 Å². The lowest BCUT2D eigenvalue weighted by atomic mass is 9.91. The van der Waals surface area contributed by atoms with Crippen LogP contribution in [0, 0.1) is 6.92 Å². The van der Waals surface area contributed by atoms with E-state index in [1.165, 1.54) is 35.1 Å². The molecule has 172 valence electrons. The van der Waals surface area contributed by atoms with Crippen LogP contribution in [0.5, 0.6) is 0 Å². The van der Waals surface area contributed by atoms with Crippen molar-refractivity contribution in [3.8, 4) is 11.4 Å². The van der Waals surface area contributed by atoms with E-state index in [1.54, 1.807) is 11.3 Å². The molecular formula is C25H30N6OS. The average molecular weight is 463 g/mol. The van der Waals surface area contributed by atoms with Crippen LogP contribution in [0.15, 0.2) is 24.3 Å². The number of fused-ring (bicyclic) bond motifs is 3. The second-order valence-corrected chi connectivity index (χ2v) is 10.7. The van der Waals surface area contributed by atoms with Gasteiger partial charge in [0.15, 0.2) is 0 Å². The number of thiophene rings is 1. The number of aromatic nitrogens is 3. The zero-order valence-electron chi connectivity index (χ0n) is 19.2. The maximum atomic E-state index is 13.0. The maximum absolute atomic E-state index is 13.0. The third-order valence-corrected chi connectivity index (χ3v) is 8.59. The van der Waals surface area contributed by atoms with Crippen molar-refractivity contribution in [3.05, 3.63) is 40.4 Å². The highest BCUT2D eigenvalue weighted by Gasteiger charge is 2.30. The number of amides is 1. The fraction of sp³-hybridized carbons (Fsp3) is 0.520. The van der Waals surface area contributed by atoms with Crippen LogP contribution < -0.4 is 0 Å². The number of nitrogens with zero attached hydrogens (tertiary/aromatic N) is 6. The Balaban J connectivity index is 1.11. The molecule has 7 nitrogen and oxygen atoms in total. The van der Waals surface area contributed by atoms with Crippen LogP contribution in [-0.2, 0) is 17.8 Å². The number of aryl methyl sites for hydroxylation is 1. The summed E-state index contributed by atoms with van der Waals surface area (Å²) in [5.74, 6) is 0.283. The topological polar surface area (TPSA) is 65.5 Å². The molecule has 0 radical (unpaired) electrons. The van der Waals surface area contributed by atoms with Gasteiger partial charge in [0.2, 0.25) is 5.91 Å². The van der Waals surface area contributed by atoms with E-state index < -0.39 is 0 Å². The van der Waals surface area contributed by atoms with E-state index >= 15 is 0 Å². The molecular weight excluding hydrogens is 432 g/mol. The molecule has 1 saturated heterocycles. The molecule has 0 atom stereocenters. The van der Waals surface area contributed by atoms with Crippen LogP contribution in [0.3, 0.4) is 0 Å². The third-order valence-electron chi connectivity index (χ3n) is 7.46. The zero-order chi connectivity index (χ0) is 22.4. The van der Waals surface area contributed by atoms with Gasteiger partial charge in [-0.3, -0.25) is 14.6 Å². The molecule has 33 heavy (non-hydrogen) atoms. The number of rotatable bonds is 4. The number of pyridine rings is 1. The van der Waals surface area contributed by atoms with E-state index in [1.807, 2.05) is 25.1 Å². The number of piperazine rings is 1. The molecule has 0 spiro atoms. The van der Waals surface area contributed by atoms with Crippen LogP contribution in [-0.4, -0.2) is 81.1 Å². The number of carbonyl (C=O) groups excluding carboxylic acids is 1. The molecule has 5 heterocycles. The molecule has 8 heteroatoms. The van der Waals surface area contributed by atoms with Crippen LogP contribution in [0.4, 0.5) is 0 Å². The van der Waals surface area contributed by atoms with Gasteiger partial charge in [-0.2, -0.15) is 5.10 Å². The molecule has 6 rings (SSSR count). The molecule has 1 aliphatic carbocycles. The van der Waals surface area contributed by atoms with Gasteiger partial charge in [0, 0.05) is 55.6 Å². The molecule has 1 amide bonds. The van der Waals surface area contributed by atoms with Crippen molar-refractivity contribution in [1.29, 1.82) is 0 Å². The summed E-state index contributed by atoms with van der Waals surface area (Å²) in [6, 6.07) is 8.95. The molecule has 1 saturated carbocycles. The third kappa shape index (κ3) is 4.16. The Bertz CT molecular complexity index is 1160. The molecule has 3 aromatic rings. The summed E-state index contributed by atoms with van der Waals surface area (Å²) in [7, 11) is 0. The number of carbonyl (C=O) groups is 1. The van der Waals surface area contributed by atoms with Gasteiger partial charge in [-0.15, -0.1) is 16.4 Å². The normalized spacial score (nSPS) is 20.1. The summed E-state index contributed by atoms with van der Waals surface area (Å²) in [6.07, 6.45) is 5.03. The SMILES string of the molecule is Cc1ccc(-c2ccc3c4c(sc3n2)CN(CC(=O)N2CCN(C3CCC3)CC2)CC4)nn1. The Labute approximate surface area is 198 Å². The minimum absolute atomic E-state index is 0.283. The van der Waals surface area contributed by atoms with Crippen LogP contribution in [0.1, 0.15) is 35.4 Å². The lowest BCUT2D eigenvalue weighted by Crippen LogP contribution is -2.55. The van der Waals surface area contributed by atoms with Crippen molar-refractivity contribution >= 4 is 27.5 Å². The van der Waals surface area contributed by atoms with Gasteiger partial charge in [-0.1, -0.05) is 6.42 Å². The molecule has 0 bridgehead atoms. The first kappa shape index (κ1) is 21.1. The number of hydrogen-bond donors (Lipinski definition) is 0. The molecule has 3 aliphatic rings. The first-order valence-electron chi connectivity index (χ1n) is 12.1. The predicted molar refractivity (Wildman–Crippen MR) is 130 cm³/mol. The lowest BCUT2D eigenvalue weighted by Gasteiger charge is -2.43. The summed E-state index contributed by atoms with van der Waals surface area (Å²) in [6.45, 7) is 8.06. The average Bonchev–Trinajstić information content (AvgIpc) is 3.16. The molecule has 0 N–H and O–H groups in total. The first-order valence-corrected chi connectivity index (χ1v) is 12.9. The summed E-state index contributed by atoms with van der Waals surface area (Å²) < 4.78 is 0. The quantitative estimate of drug-likeness (QED) is 0.594.